The lowest BCUT2D eigenvalue weighted by molar-refractivity contribution is -0.139. The summed E-state index contributed by atoms with van der Waals surface area (Å²) in [6.07, 6.45) is 0. The Labute approximate surface area is 106 Å². The van der Waals surface area contributed by atoms with Gasteiger partial charge in [0.1, 0.15) is 18.4 Å². The Morgan fingerprint density at radius 1 is 1.39 bits per heavy atom. The van der Waals surface area contributed by atoms with E-state index in [-0.39, 0.29) is 5.78 Å². The summed E-state index contributed by atoms with van der Waals surface area (Å²) in [5.74, 6) is -0.439. The second-order valence-corrected chi connectivity index (χ2v) is 3.91. The molecule has 0 heterocycles. The maximum absolute atomic E-state index is 11.3. The predicted octanol–water partition coefficient (Wildman–Crippen LogP) is 1.33. The van der Waals surface area contributed by atoms with Crippen molar-refractivity contribution in [3.8, 4) is 5.75 Å². The van der Waals surface area contributed by atoms with Crippen LogP contribution in [0, 0.1) is 0 Å². The third-order valence-electron chi connectivity index (χ3n) is 2.45. The molecule has 0 aromatic heterocycles. The summed E-state index contributed by atoms with van der Waals surface area (Å²) in [7, 11) is 0. The number of hydrogen-bond acceptors (Lipinski definition) is 4. The van der Waals surface area contributed by atoms with E-state index in [2.05, 4.69) is 5.32 Å². The van der Waals surface area contributed by atoms with Gasteiger partial charge in [0.05, 0.1) is 5.56 Å². The Kier molecular flexibility index (Phi) is 5.32. The number of ether oxygens (including phenoxy) is 1. The highest BCUT2D eigenvalue weighted by Gasteiger charge is 2.10. The largest absolute Gasteiger partial charge is 0.492 e. The van der Waals surface area contributed by atoms with Gasteiger partial charge >= 0.3 is 5.97 Å². The van der Waals surface area contributed by atoms with Crippen molar-refractivity contribution in [3.63, 3.8) is 0 Å². The summed E-state index contributed by atoms with van der Waals surface area (Å²) in [5.41, 5.74) is 0.531. The van der Waals surface area contributed by atoms with Crippen LogP contribution in [-0.2, 0) is 4.79 Å². The maximum Gasteiger partial charge on any atom is 0.320 e. The number of aliphatic carboxylic acids is 1. The molecule has 1 aromatic carbocycles. The average molecular weight is 251 g/mol. The number of Topliss-reactive ketones (excluding diaryl/α,β-unsaturated/α-hetero) is 1. The minimum atomic E-state index is -0.904. The molecule has 0 spiro atoms. The summed E-state index contributed by atoms with van der Waals surface area (Å²) in [6.45, 7) is 3.75. The molecule has 5 heteroatoms. The molecule has 18 heavy (non-hydrogen) atoms. The first-order valence-corrected chi connectivity index (χ1v) is 5.71. The molecule has 1 atom stereocenters. The summed E-state index contributed by atoms with van der Waals surface area (Å²) >= 11 is 0. The van der Waals surface area contributed by atoms with Crippen molar-refractivity contribution in [3.05, 3.63) is 29.8 Å². The first-order valence-electron chi connectivity index (χ1n) is 5.71. The van der Waals surface area contributed by atoms with Crippen LogP contribution in [0.2, 0.25) is 0 Å². The van der Waals surface area contributed by atoms with Crippen molar-refractivity contribution in [2.75, 3.05) is 13.2 Å². The van der Waals surface area contributed by atoms with Crippen molar-refractivity contribution in [1.82, 2.24) is 5.32 Å². The molecular formula is C13H17NO4. The van der Waals surface area contributed by atoms with Crippen LogP contribution in [-0.4, -0.2) is 36.1 Å². The summed E-state index contributed by atoms with van der Waals surface area (Å²) < 4.78 is 5.45. The fourth-order valence-corrected chi connectivity index (χ4v) is 1.41. The van der Waals surface area contributed by atoms with Crippen LogP contribution in [0.1, 0.15) is 24.2 Å². The Hall–Kier alpha value is -1.88. The molecule has 98 valence electrons. The van der Waals surface area contributed by atoms with E-state index in [1.54, 1.807) is 31.2 Å². The predicted molar refractivity (Wildman–Crippen MR) is 67.0 cm³/mol. The van der Waals surface area contributed by atoms with Gasteiger partial charge in [-0.15, -0.1) is 0 Å². The van der Waals surface area contributed by atoms with Gasteiger partial charge in [-0.1, -0.05) is 12.1 Å². The molecule has 1 rings (SSSR count). The van der Waals surface area contributed by atoms with E-state index in [1.807, 2.05) is 0 Å². The number of rotatable bonds is 7. The molecule has 0 amide bonds. The first-order chi connectivity index (χ1) is 8.52. The maximum atomic E-state index is 11.3. The van der Waals surface area contributed by atoms with Crippen LogP contribution in [0.5, 0.6) is 5.75 Å². The van der Waals surface area contributed by atoms with Gasteiger partial charge in [0.2, 0.25) is 0 Å². The number of para-hydroxylation sites is 1. The molecule has 0 aliphatic heterocycles. The van der Waals surface area contributed by atoms with Crippen LogP contribution >= 0.6 is 0 Å². The lowest BCUT2D eigenvalue weighted by atomic mass is 10.1. The Balaban J connectivity index is 2.45. The zero-order chi connectivity index (χ0) is 13.5. The van der Waals surface area contributed by atoms with Gasteiger partial charge in [0, 0.05) is 6.54 Å². The topological polar surface area (TPSA) is 75.6 Å². The molecule has 0 radical (unpaired) electrons. The molecule has 0 aliphatic rings. The van der Waals surface area contributed by atoms with E-state index in [0.717, 1.165) is 0 Å². The number of hydrogen-bond donors (Lipinski definition) is 2. The van der Waals surface area contributed by atoms with Crippen molar-refractivity contribution < 1.29 is 19.4 Å². The third kappa shape index (κ3) is 4.18. The number of ketones is 1. The second kappa shape index (κ2) is 6.76. The lowest BCUT2D eigenvalue weighted by Crippen LogP contribution is -2.36. The monoisotopic (exact) mass is 251 g/mol. The molecule has 0 unspecified atom stereocenters. The van der Waals surface area contributed by atoms with Gasteiger partial charge in [-0.2, -0.15) is 0 Å². The summed E-state index contributed by atoms with van der Waals surface area (Å²) in [5, 5.41) is 11.5. The quantitative estimate of drug-likeness (QED) is 0.565. The average Bonchev–Trinajstić information content (AvgIpc) is 2.34. The summed E-state index contributed by atoms with van der Waals surface area (Å²) in [6, 6.07) is 6.36. The van der Waals surface area contributed by atoms with Crippen LogP contribution in [0.3, 0.4) is 0 Å². The van der Waals surface area contributed by atoms with E-state index < -0.39 is 12.0 Å². The van der Waals surface area contributed by atoms with Crippen molar-refractivity contribution in [1.29, 1.82) is 0 Å². The minimum Gasteiger partial charge on any atom is -0.492 e. The fourth-order valence-electron chi connectivity index (χ4n) is 1.41. The SMILES string of the molecule is CC(=O)c1ccccc1OCCN[C@H](C)C(=O)O. The van der Waals surface area contributed by atoms with Gasteiger partial charge in [0.15, 0.2) is 5.78 Å². The number of carbonyl (C=O) groups is 2. The Morgan fingerprint density at radius 2 is 2.06 bits per heavy atom. The van der Waals surface area contributed by atoms with Gasteiger partial charge in [-0.25, -0.2) is 0 Å². The van der Waals surface area contributed by atoms with E-state index in [9.17, 15) is 9.59 Å². The molecule has 5 nitrogen and oxygen atoms in total. The Morgan fingerprint density at radius 3 is 2.67 bits per heavy atom. The molecule has 0 bridgehead atoms. The molecule has 0 fully saturated rings. The van der Waals surface area contributed by atoms with E-state index in [4.69, 9.17) is 9.84 Å². The van der Waals surface area contributed by atoms with Gasteiger partial charge in [0.25, 0.3) is 0 Å². The van der Waals surface area contributed by atoms with Gasteiger partial charge < -0.3 is 15.2 Å². The highest BCUT2D eigenvalue weighted by Crippen LogP contribution is 2.17. The highest BCUT2D eigenvalue weighted by atomic mass is 16.5. The number of benzene rings is 1. The molecule has 1 aromatic rings. The van der Waals surface area contributed by atoms with E-state index in [0.29, 0.717) is 24.5 Å². The lowest BCUT2D eigenvalue weighted by Gasteiger charge is -2.12. The normalized spacial score (nSPS) is 11.9. The first kappa shape index (κ1) is 14.2. The molecule has 2 N–H and O–H groups in total. The van der Waals surface area contributed by atoms with Crippen molar-refractivity contribution >= 4 is 11.8 Å². The van der Waals surface area contributed by atoms with Gasteiger partial charge in [-0.3, -0.25) is 9.59 Å². The molecular weight excluding hydrogens is 234 g/mol. The zero-order valence-corrected chi connectivity index (χ0v) is 10.5. The molecule has 0 saturated heterocycles. The molecule has 0 aliphatic carbocycles. The van der Waals surface area contributed by atoms with Crippen LogP contribution in [0.4, 0.5) is 0 Å². The van der Waals surface area contributed by atoms with Crippen molar-refractivity contribution in [2.45, 2.75) is 19.9 Å². The highest BCUT2D eigenvalue weighted by molar-refractivity contribution is 5.96. The smallest absolute Gasteiger partial charge is 0.320 e. The second-order valence-electron chi connectivity index (χ2n) is 3.91. The standard InChI is InChI=1S/C13H17NO4/c1-9(13(16)17)14-7-8-18-12-6-4-3-5-11(12)10(2)15/h3-6,9,14H,7-8H2,1-2H3,(H,16,17)/t9-/m1/s1. The molecule has 0 saturated carbocycles. The zero-order valence-electron chi connectivity index (χ0n) is 10.5. The third-order valence-corrected chi connectivity index (χ3v) is 2.45. The summed E-state index contributed by atoms with van der Waals surface area (Å²) in [4.78, 5) is 21.9. The number of carbonyl (C=O) groups excluding carboxylic acids is 1. The van der Waals surface area contributed by atoms with E-state index in [1.165, 1.54) is 6.92 Å². The van der Waals surface area contributed by atoms with Crippen LogP contribution in [0.15, 0.2) is 24.3 Å². The minimum absolute atomic E-state index is 0.0579. The number of carboxylic acids is 1. The van der Waals surface area contributed by atoms with Crippen molar-refractivity contribution in [2.24, 2.45) is 0 Å². The van der Waals surface area contributed by atoms with Crippen LogP contribution < -0.4 is 10.1 Å². The van der Waals surface area contributed by atoms with Crippen LogP contribution in [0.25, 0.3) is 0 Å². The Bertz CT molecular complexity index is 431. The fraction of sp³-hybridized carbons (Fsp3) is 0.385. The van der Waals surface area contributed by atoms with E-state index >= 15 is 0 Å². The number of carboxylic acid groups (broad SMARTS) is 1. The number of nitrogens with one attached hydrogen (secondary N) is 1. The van der Waals surface area contributed by atoms with Gasteiger partial charge in [-0.05, 0) is 26.0 Å².